The smallest absolute Gasteiger partial charge is 0.180 e. The highest BCUT2D eigenvalue weighted by atomic mass is 32.2. The molecule has 0 saturated carbocycles. The molecular weight excluding hydrogens is 220 g/mol. The predicted molar refractivity (Wildman–Crippen MR) is 68.5 cm³/mol. The first kappa shape index (κ1) is 12.6. The van der Waals surface area contributed by atoms with E-state index in [1.54, 1.807) is 12.2 Å². The largest absolute Gasteiger partial charge is 0.507 e. The molecular formula is C13H14O2S. The quantitative estimate of drug-likeness (QED) is 0.467. The van der Waals surface area contributed by atoms with Gasteiger partial charge in [-0.15, -0.1) is 13.2 Å². The minimum absolute atomic E-state index is 0.273. The average Bonchev–Trinajstić information content (AvgIpc) is 2.26. The van der Waals surface area contributed by atoms with Gasteiger partial charge in [0.15, 0.2) is 5.62 Å². The fourth-order valence-electron chi connectivity index (χ4n) is 1.47. The highest BCUT2D eigenvalue weighted by molar-refractivity contribution is 8.11. The number of hydrogen-bond donors (Lipinski definition) is 1. The van der Waals surface area contributed by atoms with E-state index in [4.69, 9.17) is 0 Å². The van der Waals surface area contributed by atoms with E-state index in [2.05, 4.69) is 13.2 Å². The zero-order chi connectivity index (χ0) is 12.0. The van der Waals surface area contributed by atoms with Crippen molar-refractivity contribution < 1.29 is 9.90 Å². The second-order valence-corrected chi connectivity index (χ2v) is 4.19. The fraction of sp³-hybridized carbons (Fsp3) is 0.154. The van der Waals surface area contributed by atoms with Gasteiger partial charge in [0.2, 0.25) is 0 Å². The van der Waals surface area contributed by atoms with Gasteiger partial charge in [0.25, 0.3) is 0 Å². The molecule has 0 fully saturated rings. The van der Waals surface area contributed by atoms with Gasteiger partial charge in [0.05, 0.1) is 0 Å². The number of benzene rings is 1. The molecule has 2 nitrogen and oxygen atoms in total. The Balaban J connectivity index is 3.19. The van der Waals surface area contributed by atoms with Crippen LogP contribution in [0.15, 0.2) is 42.3 Å². The Bertz CT molecular complexity index is 379. The summed E-state index contributed by atoms with van der Waals surface area (Å²) in [5.41, 5.74) is 2.36. The van der Waals surface area contributed by atoms with Crippen LogP contribution in [0.4, 0.5) is 0 Å². The van der Waals surface area contributed by atoms with Gasteiger partial charge in [-0.2, -0.15) is 0 Å². The monoisotopic (exact) mass is 234 g/mol. The Kier molecular flexibility index (Phi) is 4.86. The van der Waals surface area contributed by atoms with Gasteiger partial charge >= 0.3 is 0 Å². The zero-order valence-electron chi connectivity index (χ0n) is 8.98. The molecule has 0 radical (unpaired) electrons. The van der Waals surface area contributed by atoms with Gasteiger partial charge in [-0.3, -0.25) is 4.79 Å². The fourth-order valence-corrected chi connectivity index (χ4v) is 2.01. The molecule has 0 amide bonds. The summed E-state index contributed by atoms with van der Waals surface area (Å²) in [6.45, 7) is 7.28. The van der Waals surface area contributed by atoms with Crippen LogP contribution in [0.3, 0.4) is 0 Å². The highest BCUT2D eigenvalue weighted by Crippen LogP contribution is 2.30. The van der Waals surface area contributed by atoms with Crippen molar-refractivity contribution in [3.63, 3.8) is 0 Å². The highest BCUT2D eigenvalue weighted by Gasteiger charge is 2.08. The molecule has 0 aliphatic rings. The minimum atomic E-state index is 0.273. The number of thioether (sulfide) groups is 1. The van der Waals surface area contributed by atoms with Gasteiger partial charge in [0.1, 0.15) is 5.75 Å². The summed E-state index contributed by atoms with van der Waals surface area (Å²) in [6.07, 6.45) is 4.62. The third-order valence-corrected chi connectivity index (χ3v) is 2.76. The number of carbonyl (C=O) groups excluding carboxylic acids is 1. The van der Waals surface area contributed by atoms with Crippen molar-refractivity contribution in [2.75, 3.05) is 0 Å². The number of rotatable bonds is 6. The van der Waals surface area contributed by atoms with Crippen molar-refractivity contribution in [1.82, 2.24) is 0 Å². The number of hydrogen-bond acceptors (Lipinski definition) is 3. The van der Waals surface area contributed by atoms with Crippen molar-refractivity contribution in [3.8, 4) is 5.75 Å². The number of aromatic hydroxyl groups is 1. The van der Waals surface area contributed by atoms with Crippen LogP contribution in [0.5, 0.6) is 5.75 Å². The van der Waals surface area contributed by atoms with Crippen molar-refractivity contribution in [1.29, 1.82) is 0 Å². The van der Waals surface area contributed by atoms with Gasteiger partial charge in [0, 0.05) is 4.90 Å². The Morgan fingerprint density at radius 3 is 2.06 bits per heavy atom. The second kappa shape index (κ2) is 6.18. The van der Waals surface area contributed by atoms with E-state index in [-0.39, 0.29) is 5.75 Å². The van der Waals surface area contributed by atoms with Crippen LogP contribution in [0.2, 0.25) is 0 Å². The first-order valence-electron chi connectivity index (χ1n) is 4.89. The predicted octanol–water partition coefficient (Wildman–Crippen LogP) is 3.13. The first-order chi connectivity index (χ1) is 7.72. The van der Waals surface area contributed by atoms with Crippen LogP contribution >= 0.6 is 11.8 Å². The van der Waals surface area contributed by atoms with Crippen LogP contribution < -0.4 is 0 Å². The summed E-state index contributed by atoms with van der Waals surface area (Å²) in [5, 5.41) is 9.95. The van der Waals surface area contributed by atoms with E-state index in [1.165, 1.54) is 0 Å². The van der Waals surface area contributed by atoms with E-state index >= 15 is 0 Å². The van der Waals surface area contributed by atoms with Crippen molar-refractivity contribution in [2.24, 2.45) is 0 Å². The normalized spacial score (nSPS) is 9.75. The summed E-state index contributed by atoms with van der Waals surface area (Å²) in [5.74, 6) is 0.273. The van der Waals surface area contributed by atoms with E-state index < -0.39 is 0 Å². The Morgan fingerprint density at radius 1 is 1.19 bits per heavy atom. The van der Waals surface area contributed by atoms with Crippen molar-refractivity contribution in [2.45, 2.75) is 17.7 Å². The molecule has 1 aromatic rings. The zero-order valence-corrected chi connectivity index (χ0v) is 9.80. The van der Waals surface area contributed by atoms with Gasteiger partial charge in [-0.1, -0.05) is 23.9 Å². The molecule has 1 rings (SSSR count). The molecule has 0 saturated heterocycles. The van der Waals surface area contributed by atoms with Crippen LogP contribution in [0.1, 0.15) is 11.1 Å². The van der Waals surface area contributed by atoms with Crippen LogP contribution in [-0.4, -0.2) is 10.7 Å². The lowest BCUT2D eigenvalue weighted by Gasteiger charge is -2.09. The summed E-state index contributed by atoms with van der Waals surface area (Å²) in [7, 11) is 0. The molecule has 0 atom stereocenters. The molecule has 0 aliphatic heterocycles. The molecule has 3 heteroatoms. The first-order valence-corrected chi connectivity index (χ1v) is 5.77. The SMILES string of the molecule is C=CCc1cc(SC=O)cc(CC=C)c1O. The molecule has 0 aromatic heterocycles. The third kappa shape index (κ3) is 3.00. The molecule has 0 heterocycles. The summed E-state index contributed by atoms with van der Waals surface area (Å²) in [4.78, 5) is 11.3. The molecule has 0 aliphatic carbocycles. The summed E-state index contributed by atoms with van der Waals surface area (Å²) >= 11 is 1.10. The molecule has 84 valence electrons. The topological polar surface area (TPSA) is 37.3 Å². The molecule has 0 spiro atoms. The van der Waals surface area contributed by atoms with Crippen molar-refractivity contribution >= 4 is 17.4 Å². The second-order valence-electron chi connectivity index (χ2n) is 3.29. The maximum absolute atomic E-state index is 10.5. The van der Waals surface area contributed by atoms with Gasteiger partial charge in [-0.05, 0) is 36.1 Å². The van der Waals surface area contributed by atoms with Gasteiger partial charge in [-0.25, -0.2) is 0 Å². The van der Waals surface area contributed by atoms with Crippen LogP contribution in [-0.2, 0) is 17.6 Å². The van der Waals surface area contributed by atoms with E-state index in [0.29, 0.717) is 12.8 Å². The molecule has 1 N–H and O–H groups in total. The van der Waals surface area contributed by atoms with E-state index in [1.807, 2.05) is 12.1 Å². The molecule has 0 bridgehead atoms. The van der Waals surface area contributed by atoms with E-state index in [0.717, 1.165) is 33.4 Å². The van der Waals surface area contributed by atoms with E-state index in [9.17, 15) is 9.90 Å². The lowest BCUT2D eigenvalue weighted by molar-refractivity contribution is 0.463. The standard InChI is InChI=1S/C13H14O2S/c1-3-5-10-7-12(16-9-14)8-11(6-4-2)13(10)15/h3-4,7-9,15H,1-2,5-6H2. The maximum atomic E-state index is 10.5. The third-order valence-electron chi connectivity index (χ3n) is 2.15. The average molecular weight is 234 g/mol. The Labute approximate surface area is 99.7 Å². The molecule has 0 unspecified atom stereocenters. The van der Waals surface area contributed by atoms with Crippen LogP contribution in [0.25, 0.3) is 0 Å². The maximum Gasteiger partial charge on any atom is 0.180 e. The summed E-state index contributed by atoms with van der Waals surface area (Å²) in [6, 6.07) is 3.62. The number of allylic oxidation sites excluding steroid dienone is 2. The Hall–Kier alpha value is -1.48. The number of phenols is 1. The number of phenolic OH excluding ortho intramolecular Hbond substituents is 1. The molecule has 1 aromatic carbocycles. The summed E-state index contributed by atoms with van der Waals surface area (Å²) < 4.78 is 0. The lowest BCUT2D eigenvalue weighted by Crippen LogP contribution is -1.91. The van der Waals surface area contributed by atoms with Gasteiger partial charge < -0.3 is 5.11 Å². The Morgan fingerprint density at radius 2 is 1.69 bits per heavy atom. The number of carbonyl (C=O) groups is 1. The lowest BCUT2D eigenvalue weighted by atomic mass is 10.0. The van der Waals surface area contributed by atoms with Crippen LogP contribution in [0, 0.1) is 0 Å². The minimum Gasteiger partial charge on any atom is -0.507 e. The molecule has 16 heavy (non-hydrogen) atoms. The van der Waals surface area contributed by atoms with Crippen molar-refractivity contribution in [3.05, 3.63) is 48.6 Å².